The molecule has 2 N–H and O–H groups in total. The highest BCUT2D eigenvalue weighted by atomic mass is 16.2. The number of amides is 2. The SMILES string of the molecule is CC(C(=O)N[B]NC(=O)C(C)C(C)(C)C)C(C)(C)C. The second-order valence-electron chi connectivity index (χ2n) is 7.34. The first-order chi connectivity index (χ1) is 8.37. The lowest BCUT2D eigenvalue weighted by Gasteiger charge is -2.27. The summed E-state index contributed by atoms with van der Waals surface area (Å²) in [5, 5.41) is 5.26. The molecule has 2 atom stereocenters. The highest BCUT2D eigenvalue weighted by molar-refractivity contribution is 6.38. The summed E-state index contributed by atoms with van der Waals surface area (Å²) >= 11 is 0. The molecule has 1 radical (unpaired) electrons. The lowest BCUT2D eigenvalue weighted by atomic mass is 9.80. The first kappa shape index (κ1) is 18.0. The van der Waals surface area contributed by atoms with Gasteiger partial charge in [0, 0.05) is 11.8 Å². The molecule has 0 aromatic heterocycles. The molecule has 0 saturated carbocycles. The molecule has 0 aliphatic rings. The van der Waals surface area contributed by atoms with E-state index in [1.54, 1.807) is 0 Å². The van der Waals surface area contributed by atoms with E-state index in [4.69, 9.17) is 0 Å². The second-order valence-corrected chi connectivity index (χ2v) is 7.34. The maximum atomic E-state index is 11.8. The van der Waals surface area contributed by atoms with Crippen molar-refractivity contribution in [1.29, 1.82) is 0 Å². The van der Waals surface area contributed by atoms with Crippen LogP contribution in [0.2, 0.25) is 0 Å². The van der Waals surface area contributed by atoms with E-state index >= 15 is 0 Å². The van der Waals surface area contributed by atoms with E-state index in [-0.39, 0.29) is 34.5 Å². The molecule has 0 heterocycles. The third kappa shape index (κ3) is 6.12. The van der Waals surface area contributed by atoms with Crippen LogP contribution in [0.25, 0.3) is 0 Å². The third-order valence-electron chi connectivity index (χ3n) is 3.81. The predicted molar refractivity (Wildman–Crippen MR) is 79.3 cm³/mol. The van der Waals surface area contributed by atoms with Crippen molar-refractivity contribution in [2.75, 3.05) is 0 Å². The van der Waals surface area contributed by atoms with E-state index < -0.39 is 0 Å². The predicted octanol–water partition coefficient (Wildman–Crippen LogP) is 2.12. The molecule has 0 aromatic rings. The quantitative estimate of drug-likeness (QED) is 0.766. The normalized spacial score (nSPS) is 15.4. The molecule has 0 bridgehead atoms. The molecule has 0 aromatic carbocycles. The smallest absolute Gasteiger partial charge is 0.382 e. The molecule has 109 valence electrons. The fourth-order valence-electron chi connectivity index (χ4n) is 1.21. The molecule has 5 heteroatoms. The minimum atomic E-state index is -0.124. The van der Waals surface area contributed by atoms with Crippen LogP contribution in [0.3, 0.4) is 0 Å². The van der Waals surface area contributed by atoms with Gasteiger partial charge < -0.3 is 10.5 Å². The number of hydrogen-bond donors (Lipinski definition) is 2. The summed E-state index contributed by atoms with van der Waals surface area (Å²) in [5.41, 5.74) is -0.193. The van der Waals surface area contributed by atoms with Gasteiger partial charge in [0.25, 0.3) is 0 Å². The van der Waals surface area contributed by atoms with Crippen molar-refractivity contribution in [3.05, 3.63) is 0 Å². The standard InChI is InChI=1S/C14H28BN2O2/c1-9(13(3,4)5)11(18)16-15-17-12(19)10(2)14(6,7)8/h9-10H,1-8H3,(H,16,18)(H,17,19). The summed E-state index contributed by atoms with van der Waals surface area (Å²) in [6.45, 7) is 15.8. The Balaban J connectivity index is 4.19. The number of nitrogens with one attached hydrogen (secondary N) is 2. The van der Waals surface area contributed by atoms with Crippen LogP contribution in [-0.2, 0) is 9.59 Å². The van der Waals surface area contributed by atoms with E-state index in [9.17, 15) is 9.59 Å². The molecule has 19 heavy (non-hydrogen) atoms. The molecular formula is C14H28BN2O2. The summed E-state index contributed by atoms with van der Waals surface area (Å²) in [6.07, 6.45) is 0. The molecule has 0 saturated heterocycles. The van der Waals surface area contributed by atoms with E-state index in [2.05, 4.69) is 10.5 Å². The fourth-order valence-corrected chi connectivity index (χ4v) is 1.21. The van der Waals surface area contributed by atoms with Crippen LogP contribution in [0.15, 0.2) is 0 Å². The van der Waals surface area contributed by atoms with Crippen LogP contribution >= 0.6 is 0 Å². The summed E-state index contributed by atoms with van der Waals surface area (Å²) in [5.74, 6) is -0.422. The zero-order valence-corrected chi connectivity index (χ0v) is 13.5. The van der Waals surface area contributed by atoms with Gasteiger partial charge in [0.1, 0.15) is 0 Å². The maximum absolute atomic E-state index is 11.8. The minimum absolute atomic E-state index is 0.0868. The van der Waals surface area contributed by atoms with Gasteiger partial charge in [0.05, 0.1) is 0 Å². The molecule has 0 aliphatic carbocycles. The highest BCUT2D eigenvalue weighted by Gasteiger charge is 2.28. The van der Waals surface area contributed by atoms with Crippen LogP contribution in [0.5, 0.6) is 0 Å². The van der Waals surface area contributed by atoms with Crippen LogP contribution in [0, 0.1) is 22.7 Å². The van der Waals surface area contributed by atoms with E-state index in [1.165, 1.54) is 7.55 Å². The summed E-state index contributed by atoms with van der Waals surface area (Å²) < 4.78 is 0. The first-order valence-corrected chi connectivity index (χ1v) is 6.79. The average molecular weight is 267 g/mol. The monoisotopic (exact) mass is 267 g/mol. The van der Waals surface area contributed by atoms with Gasteiger partial charge >= 0.3 is 7.55 Å². The van der Waals surface area contributed by atoms with Gasteiger partial charge in [0.15, 0.2) is 0 Å². The van der Waals surface area contributed by atoms with Crippen molar-refractivity contribution in [2.24, 2.45) is 22.7 Å². The van der Waals surface area contributed by atoms with Crippen molar-refractivity contribution in [3.8, 4) is 0 Å². The Morgan fingerprint density at radius 1 is 0.789 bits per heavy atom. The Labute approximate surface area is 118 Å². The van der Waals surface area contributed by atoms with Crippen molar-refractivity contribution < 1.29 is 9.59 Å². The Bertz CT molecular complexity index is 297. The van der Waals surface area contributed by atoms with Crippen LogP contribution in [0.4, 0.5) is 0 Å². The number of hydrogen-bond acceptors (Lipinski definition) is 2. The Morgan fingerprint density at radius 3 is 1.26 bits per heavy atom. The van der Waals surface area contributed by atoms with Crippen molar-refractivity contribution in [1.82, 2.24) is 10.5 Å². The topological polar surface area (TPSA) is 58.2 Å². The first-order valence-electron chi connectivity index (χ1n) is 6.79. The average Bonchev–Trinajstić information content (AvgIpc) is 2.23. The van der Waals surface area contributed by atoms with Gasteiger partial charge in [0.2, 0.25) is 11.8 Å². The molecule has 2 amide bonds. The zero-order chi connectivity index (χ0) is 15.4. The second kappa shape index (κ2) is 6.44. The highest BCUT2D eigenvalue weighted by Crippen LogP contribution is 2.25. The molecule has 0 fully saturated rings. The zero-order valence-electron chi connectivity index (χ0n) is 13.5. The van der Waals surface area contributed by atoms with E-state index in [0.717, 1.165) is 0 Å². The Hall–Kier alpha value is -0.995. The van der Waals surface area contributed by atoms with Crippen molar-refractivity contribution in [3.63, 3.8) is 0 Å². The van der Waals surface area contributed by atoms with Crippen LogP contribution < -0.4 is 10.5 Å². The van der Waals surface area contributed by atoms with Gasteiger partial charge in [-0.2, -0.15) is 0 Å². The Morgan fingerprint density at radius 2 is 1.05 bits per heavy atom. The van der Waals surface area contributed by atoms with Gasteiger partial charge in [-0.25, -0.2) is 0 Å². The van der Waals surface area contributed by atoms with Gasteiger partial charge in [-0.3, -0.25) is 9.59 Å². The fraction of sp³-hybridized carbons (Fsp3) is 0.857. The molecule has 0 aliphatic heterocycles. The number of rotatable bonds is 4. The molecule has 0 rings (SSSR count). The van der Waals surface area contributed by atoms with E-state index in [1.807, 2.05) is 55.4 Å². The summed E-state index contributed by atoms with van der Waals surface area (Å²) in [6, 6.07) is 0. The maximum Gasteiger partial charge on any atom is 0.390 e. The molecule has 2 unspecified atom stereocenters. The lowest BCUT2D eigenvalue weighted by Crippen LogP contribution is -2.47. The Kier molecular flexibility index (Phi) is 6.10. The van der Waals surface area contributed by atoms with Crippen LogP contribution in [0.1, 0.15) is 55.4 Å². The van der Waals surface area contributed by atoms with Crippen molar-refractivity contribution in [2.45, 2.75) is 55.4 Å². The lowest BCUT2D eigenvalue weighted by molar-refractivity contribution is -0.125. The van der Waals surface area contributed by atoms with E-state index in [0.29, 0.717) is 0 Å². The van der Waals surface area contributed by atoms with Gasteiger partial charge in [-0.15, -0.1) is 0 Å². The molecule has 0 spiro atoms. The number of carbonyl (C=O) groups excluding carboxylic acids is 2. The molecular weight excluding hydrogens is 239 g/mol. The number of carbonyl (C=O) groups is 2. The third-order valence-corrected chi connectivity index (χ3v) is 3.81. The molecule has 4 nitrogen and oxygen atoms in total. The summed E-state index contributed by atoms with van der Waals surface area (Å²) in [4.78, 5) is 23.7. The minimum Gasteiger partial charge on any atom is -0.382 e. The van der Waals surface area contributed by atoms with Crippen molar-refractivity contribution >= 4 is 19.4 Å². The van der Waals surface area contributed by atoms with Gasteiger partial charge in [-0.05, 0) is 10.8 Å². The largest absolute Gasteiger partial charge is 0.390 e. The van der Waals surface area contributed by atoms with Gasteiger partial charge in [-0.1, -0.05) is 55.4 Å². The van der Waals surface area contributed by atoms with Crippen LogP contribution in [-0.4, -0.2) is 19.4 Å². The summed E-state index contributed by atoms with van der Waals surface area (Å²) in [7, 11) is 1.34.